The third-order valence-electron chi connectivity index (χ3n) is 4.02. The quantitative estimate of drug-likeness (QED) is 0.578. The number of rotatable bonds is 8. The molecule has 0 bridgehead atoms. The van der Waals surface area contributed by atoms with Crippen LogP contribution in [0.5, 0.6) is 5.75 Å². The van der Waals surface area contributed by atoms with Crippen molar-refractivity contribution in [1.82, 2.24) is 14.8 Å². The summed E-state index contributed by atoms with van der Waals surface area (Å²) in [5, 5.41) is 11.8. The number of nitrogens with one attached hydrogen (secondary N) is 1. The van der Waals surface area contributed by atoms with E-state index in [4.69, 9.17) is 4.74 Å². The van der Waals surface area contributed by atoms with Crippen LogP contribution in [0.2, 0.25) is 0 Å². The number of halogens is 1. The normalized spacial score (nSPS) is 10.7. The van der Waals surface area contributed by atoms with Gasteiger partial charge in [-0.05, 0) is 49.7 Å². The largest absolute Gasteiger partial charge is 0.485 e. The molecule has 0 aliphatic heterocycles. The van der Waals surface area contributed by atoms with Crippen molar-refractivity contribution in [2.45, 2.75) is 32.2 Å². The first kappa shape index (κ1) is 19.9. The van der Waals surface area contributed by atoms with E-state index in [2.05, 4.69) is 15.5 Å². The van der Waals surface area contributed by atoms with Gasteiger partial charge in [-0.1, -0.05) is 30.0 Å². The minimum Gasteiger partial charge on any atom is -0.485 e. The van der Waals surface area contributed by atoms with Crippen LogP contribution in [0.15, 0.2) is 53.7 Å². The van der Waals surface area contributed by atoms with Crippen LogP contribution in [-0.4, -0.2) is 26.4 Å². The van der Waals surface area contributed by atoms with Crippen molar-refractivity contribution in [3.8, 4) is 5.75 Å². The molecule has 0 fully saturated rings. The number of carbonyl (C=O) groups is 1. The third kappa shape index (κ3) is 5.10. The SMILES string of the molecule is CCn1c(COc2ccccc2C)nnc1SCC(=O)Nc1ccc(F)cc1. The van der Waals surface area contributed by atoms with Crippen LogP contribution in [0.25, 0.3) is 0 Å². The number of hydrogen-bond donors (Lipinski definition) is 1. The van der Waals surface area contributed by atoms with Crippen LogP contribution in [0.3, 0.4) is 0 Å². The Bertz CT molecular complexity index is 944. The first-order valence-electron chi connectivity index (χ1n) is 8.85. The number of benzene rings is 2. The number of aromatic nitrogens is 3. The zero-order valence-electron chi connectivity index (χ0n) is 15.7. The second kappa shape index (κ2) is 9.36. The summed E-state index contributed by atoms with van der Waals surface area (Å²) >= 11 is 1.30. The predicted octanol–water partition coefficient (Wildman–Crippen LogP) is 4.06. The highest BCUT2D eigenvalue weighted by molar-refractivity contribution is 7.99. The van der Waals surface area contributed by atoms with E-state index >= 15 is 0 Å². The summed E-state index contributed by atoms with van der Waals surface area (Å²) < 4.78 is 20.7. The molecule has 28 heavy (non-hydrogen) atoms. The Labute approximate surface area is 167 Å². The fourth-order valence-corrected chi connectivity index (χ4v) is 3.39. The smallest absolute Gasteiger partial charge is 0.234 e. The molecule has 0 aliphatic carbocycles. The van der Waals surface area contributed by atoms with Gasteiger partial charge >= 0.3 is 0 Å². The molecule has 0 spiro atoms. The fourth-order valence-electron chi connectivity index (χ4n) is 2.57. The minimum atomic E-state index is -0.344. The minimum absolute atomic E-state index is 0.175. The van der Waals surface area contributed by atoms with Crippen LogP contribution >= 0.6 is 11.8 Å². The van der Waals surface area contributed by atoms with Crippen molar-refractivity contribution in [2.24, 2.45) is 0 Å². The number of amides is 1. The maximum atomic E-state index is 12.9. The number of anilines is 1. The number of carbonyl (C=O) groups excluding carboxylic acids is 1. The van der Waals surface area contributed by atoms with E-state index in [1.54, 1.807) is 0 Å². The maximum Gasteiger partial charge on any atom is 0.234 e. The summed E-state index contributed by atoms with van der Waals surface area (Å²) in [6.45, 7) is 4.94. The number of nitrogens with zero attached hydrogens (tertiary/aromatic N) is 3. The van der Waals surface area contributed by atoms with E-state index in [1.165, 1.54) is 36.0 Å². The lowest BCUT2D eigenvalue weighted by Crippen LogP contribution is -2.15. The summed E-state index contributed by atoms with van der Waals surface area (Å²) in [6.07, 6.45) is 0. The number of thioether (sulfide) groups is 1. The highest BCUT2D eigenvalue weighted by Gasteiger charge is 2.14. The van der Waals surface area contributed by atoms with Crippen LogP contribution in [0.4, 0.5) is 10.1 Å². The van der Waals surface area contributed by atoms with Crippen LogP contribution in [-0.2, 0) is 17.9 Å². The van der Waals surface area contributed by atoms with Gasteiger partial charge in [0.05, 0.1) is 5.75 Å². The Morgan fingerprint density at radius 3 is 2.64 bits per heavy atom. The van der Waals surface area contributed by atoms with E-state index in [0.29, 0.717) is 29.8 Å². The van der Waals surface area contributed by atoms with E-state index in [1.807, 2.05) is 42.7 Å². The van der Waals surface area contributed by atoms with Crippen molar-refractivity contribution < 1.29 is 13.9 Å². The summed E-state index contributed by atoms with van der Waals surface area (Å²) in [4.78, 5) is 12.1. The van der Waals surface area contributed by atoms with Gasteiger partial charge in [-0.25, -0.2) is 4.39 Å². The maximum absolute atomic E-state index is 12.9. The average Bonchev–Trinajstić information content (AvgIpc) is 3.09. The molecule has 3 aromatic rings. The molecule has 8 heteroatoms. The lowest BCUT2D eigenvalue weighted by Gasteiger charge is -2.10. The van der Waals surface area contributed by atoms with Gasteiger partial charge in [-0.2, -0.15) is 0 Å². The topological polar surface area (TPSA) is 69.0 Å². The lowest BCUT2D eigenvalue weighted by atomic mass is 10.2. The molecule has 1 N–H and O–H groups in total. The molecule has 0 saturated carbocycles. The third-order valence-corrected chi connectivity index (χ3v) is 4.99. The Kier molecular flexibility index (Phi) is 6.65. The summed E-state index contributed by atoms with van der Waals surface area (Å²) in [6, 6.07) is 13.4. The van der Waals surface area contributed by atoms with Gasteiger partial charge in [0.15, 0.2) is 11.0 Å². The Balaban J connectivity index is 1.58. The molecule has 0 atom stereocenters. The molecule has 1 aromatic heterocycles. The molecule has 0 saturated heterocycles. The first-order valence-corrected chi connectivity index (χ1v) is 9.84. The van der Waals surface area contributed by atoms with Crippen molar-refractivity contribution in [3.63, 3.8) is 0 Å². The highest BCUT2D eigenvalue weighted by atomic mass is 32.2. The summed E-state index contributed by atoms with van der Waals surface area (Å²) in [7, 11) is 0. The molecule has 6 nitrogen and oxygen atoms in total. The molecule has 1 amide bonds. The number of aryl methyl sites for hydroxylation is 1. The van der Waals surface area contributed by atoms with Gasteiger partial charge in [-0.3, -0.25) is 4.79 Å². The standard InChI is InChI=1S/C20H21FN4O2S/c1-3-25-18(12-27-17-7-5-4-6-14(17)2)23-24-20(25)28-13-19(26)22-16-10-8-15(21)9-11-16/h4-11H,3,12-13H2,1-2H3,(H,22,26). The molecular weight excluding hydrogens is 379 g/mol. The predicted molar refractivity (Wildman–Crippen MR) is 107 cm³/mol. The van der Waals surface area contributed by atoms with Crippen molar-refractivity contribution >= 4 is 23.4 Å². The number of hydrogen-bond acceptors (Lipinski definition) is 5. The molecule has 1 heterocycles. The Morgan fingerprint density at radius 1 is 1.18 bits per heavy atom. The molecule has 0 aliphatic rings. The van der Waals surface area contributed by atoms with Gasteiger partial charge in [-0.15, -0.1) is 10.2 Å². The van der Waals surface area contributed by atoms with E-state index in [0.717, 1.165) is 11.3 Å². The fraction of sp³-hybridized carbons (Fsp3) is 0.250. The monoisotopic (exact) mass is 400 g/mol. The molecule has 0 unspecified atom stereocenters. The average molecular weight is 400 g/mol. The Hall–Kier alpha value is -2.87. The van der Waals surface area contributed by atoms with Gasteiger partial charge in [0.2, 0.25) is 5.91 Å². The molecule has 3 rings (SSSR count). The van der Waals surface area contributed by atoms with Gasteiger partial charge < -0.3 is 14.6 Å². The first-order chi connectivity index (χ1) is 13.6. The highest BCUT2D eigenvalue weighted by Crippen LogP contribution is 2.21. The molecule has 146 valence electrons. The number of ether oxygens (including phenoxy) is 1. The van der Waals surface area contributed by atoms with Crippen LogP contribution < -0.4 is 10.1 Å². The van der Waals surface area contributed by atoms with Crippen molar-refractivity contribution in [3.05, 3.63) is 65.7 Å². The summed E-state index contributed by atoms with van der Waals surface area (Å²) in [5.41, 5.74) is 1.61. The zero-order valence-corrected chi connectivity index (χ0v) is 16.5. The van der Waals surface area contributed by atoms with Gasteiger partial charge in [0.1, 0.15) is 18.2 Å². The van der Waals surface area contributed by atoms with E-state index < -0.39 is 0 Å². The number of para-hydroxylation sites is 1. The van der Waals surface area contributed by atoms with E-state index in [9.17, 15) is 9.18 Å². The lowest BCUT2D eigenvalue weighted by molar-refractivity contribution is -0.113. The van der Waals surface area contributed by atoms with Gasteiger partial charge in [0, 0.05) is 12.2 Å². The second-order valence-electron chi connectivity index (χ2n) is 6.04. The summed E-state index contributed by atoms with van der Waals surface area (Å²) in [5.74, 6) is 1.14. The van der Waals surface area contributed by atoms with Crippen molar-refractivity contribution in [2.75, 3.05) is 11.1 Å². The van der Waals surface area contributed by atoms with Crippen LogP contribution in [0.1, 0.15) is 18.3 Å². The van der Waals surface area contributed by atoms with E-state index in [-0.39, 0.29) is 17.5 Å². The second-order valence-corrected chi connectivity index (χ2v) is 6.98. The molecule has 2 aromatic carbocycles. The molecule has 0 radical (unpaired) electrons. The van der Waals surface area contributed by atoms with Crippen LogP contribution in [0, 0.1) is 12.7 Å². The van der Waals surface area contributed by atoms with Gasteiger partial charge in [0.25, 0.3) is 0 Å². The molecular formula is C20H21FN4O2S. The van der Waals surface area contributed by atoms with Crippen molar-refractivity contribution in [1.29, 1.82) is 0 Å². The Morgan fingerprint density at radius 2 is 1.93 bits per heavy atom. The zero-order chi connectivity index (χ0) is 19.9.